The summed E-state index contributed by atoms with van der Waals surface area (Å²) in [6.45, 7) is 1.60. The summed E-state index contributed by atoms with van der Waals surface area (Å²) in [5.41, 5.74) is 2.83. The van der Waals surface area contributed by atoms with E-state index in [4.69, 9.17) is 0 Å². The lowest BCUT2D eigenvalue weighted by atomic mass is 10.0. The number of rotatable bonds is 4. The van der Waals surface area contributed by atoms with Crippen molar-refractivity contribution in [3.63, 3.8) is 0 Å². The molecule has 2 aromatic carbocycles. The second-order valence-corrected chi connectivity index (χ2v) is 5.44. The van der Waals surface area contributed by atoms with Gasteiger partial charge in [0, 0.05) is 5.56 Å². The predicted molar refractivity (Wildman–Crippen MR) is 86.3 cm³/mol. The molecule has 0 fully saturated rings. The Balaban J connectivity index is 2.06. The first-order valence-corrected chi connectivity index (χ1v) is 7.49. The number of nitrogens with zero attached hydrogens (tertiary/aromatic N) is 2. The Labute approximate surface area is 142 Å². The summed E-state index contributed by atoms with van der Waals surface area (Å²) in [6.07, 6.45) is -4.77. The van der Waals surface area contributed by atoms with Crippen LogP contribution < -0.4 is 4.74 Å². The first-order valence-electron chi connectivity index (χ1n) is 7.49. The highest BCUT2D eigenvalue weighted by Crippen LogP contribution is 2.34. The van der Waals surface area contributed by atoms with Crippen LogP contribution in [0.4, 0.5) is 13.2 Å². The Morgan fingerprint density at radius 1 is 1.08 bits per heavy atom. The van der Waals surface area contributed by atoms with E-state index >= 15 is 0 Å². The van der Waals surface area contributed by atoms with Gasteiger partial charge in [0.15, 0.2) is 0 Å². The molecule has 4 nitrogen and oxygen atoms in total. The van der Waals surface area contributed by atoms with E-state index in [1.165, 1.54) is 12.1 Å². The van der Waals surface area contributed by atoms with E-state index in [1.54, 1.807) is 54.1 Å². The monoisotopic (exact) mass is 348 g/mol. The van der Waals surface area contributed by atoms with Gasteiger partial charge in [0.1, 0.15) is 5.75 Å². The highest BCUT2D eigenvalue weighted by Gasteiger charge is 2.32. The van der Waals surface area contributed by atoms with E-state index in [-0.39, 0.29) is 12.4 Å². The summed E-state index contributed by atoms with van der Waals surface area (Å²) >= 11 is 0. The molecule has 0 radical (unpaired) electrons. The molecule has 25 heavy (non-hydrogen) atoms. The number of alkyl halides is 3. The Morgan fingerprint density at radius 2 is 1.84 bits per heavy atom. The molecular weight excluding hydrogens is 333 g/mol. The van der Waals surface area contributed by atoms with Crippen LogP contribution in [0.3, 0.4) is 0 Å². The molecule has 0 saturated carbocycles. The van der Waals surface area contributed by atoms with Gasteiger partial charge < -0.3 is 9.84 Å². The van der Waals surface area contributed by atoms with Gasteiger partial charge in [0.2, 0.25) is 0 Å². The summed E-state index contributed by atoms with van der Waals surface area (Å²) < 4.78 is 43.5. The molecule has 1 N–H and O–H groups in total. The number of hydrogen-bond acceptors (Lipinski definition) is 3. The van der Waals surface area contributed by atoms with Crippen molar-refractivity contribution in [3.8, 4) is 22.6 Å². The molecule has 130 valence electrons. The largest absolute Gasteiger partial charge is 0.573 e. The van der Waals surface area contributed by atoms with Gasteiger partial charge >= 0.3 is 6.36 Å². The Hall–Kier alpha value is -2.80. The molecule has 7 heteroatoms. The third-order valence-corrected chi connectivity index (χ3v) is 3.58. The highest BCUT2D eigenvalue weighted by atomic mass is 19.4. The van der Waals surface area contributed by atoms with Crippen LogP contribution in [0, 0.1) is 6.92 Å². The minimum absolute atomic E-state index is 0.196. The van der Waals surface area contributed by atoms with Crippen LogP contribution in [0.1, 0.15) is 11.4 Å². The zero-order valence-electron chi connectivity index (χ0n) is 13.3. The number of hydrogen-bond donors (Lipinski definition) is 1. The van der Waals surface area contributed by atoms with Gasteiger partial charge in [0.05, 0.1) is 23.7 Å². The van der Waals surface area contributed by atoms with Gasteiger partial charge in [0.25, 0.3) is 0 Å². The van der Waals surface area contributed by atoms with Gasteiger partial charge in [-0.2, -0.15) is 5.10 Å². The zero-order valence-corrected chi connectivity index (χ0v) is 13.3. The number of aryl methyl sites for hydroxylation is 1. The normalized spacial score (nSPS) is 11.6. The number of aliphatic hydroxyl groups excluding tert-OH is 1. The van der Waals surface area contributed by atoms with Gasteiger partial charge in [-0.25, -0.2) is 4.68 Å². The van der Waals surface area contributed by atoms with E-state index in [2.05, 4.69) is 9.84 Å². The lowest BCUT2D eigenvalue weighted by Gasteiger charge is -2.14. The minimum Gasteiger partial charge on any atom is -0.405 e. The third-order valence-electron chi connectivity index (χ3n) is 3.58. The number of para-hydroxylation sites is 1. The fourth-order valence-corrected chi connectivity index (χ4v) is 2.61. The van der Waals surface area contributed by atoms with Gasteiger partial charge in [-0.1, -0.05) is 30.3 Å². The van der Waals surface area contributed by atoms with Gasteiger partial charge in [-0.3, -0.25) is 0 Å². The molecule has 0 atom stereocenters. The summed E-state index contributed by atoms with van der Waals surface area (Å²) in [5, 5.41) is 13.8. The van der Waals surface area contributed by atoms with Gasteiger partial charge in [-0.05, 0) is 36.8 Å². The fourth-order valence-electron chi connectivity index (χ4n) is 2.61. The predicted octanol–water partition coefficient (Wildman–Crippen LogP) is 4.24. The molecule has 0 amide bonds. The molecule has 1 aromatic heterocycles. The standard InChI is InChI=1S/C18H15F3N2O2/c1-12-9-15(11-24)23(22-12)14-6-4-5-13(10-14)16-7-2-3-8-17(16)25-18(19,20)21/h2-10,24H,11H2,1H3. The molecule has 0 unspecified atom stereocenters. The maximum atomic E-state index is 12.6. The van der Waals surface area contributed by atoms with Crippen LogP contribution in [0.2, 0.25) is 0 Å². The van der Waals surface area contributed by atoms with E-state index in [1.807, 2.05) is 0 Å². The first kappa shape index (κ1) is 17.0. The average Bonchev–Trinajstić information content (AvgIpc) is 2.95. The van der Waals surface area contributed by atoms with E-state index < -0.39 is 6.36 Å². The van der Waals surface area contributed by atoms with Crippen molar-refractivity contribution in [2.75, 3.05) is 0 Å². The molecule has 3 aromatic rings. The SMILES string of the molecule is Cc1cc(CO)n(-c2cccc(-c3ccccc3OC(F)(F)F)c2)n1. The van der Waals surface area contributed by atoms with E-state index in [0.29, 0.717) is 22.5 Å². The zero-order chi connectivity index (χ0) is 18.0. The van der Waals surface area contributed by atoms with Crippen molar-refractivity contribution in [2.24, 2.45) is 0 Å². The summed E-state index contributed by atoms with van der Waals surface area (Å²) in [5.74, 6) is -0.272. The van der Waals surface area contributed by atoms with Crippen LogP contribution in [0.5, 0.6) is 5.75 Å². The second kappa shape index (κ2) is 6.60. The lowest BCUT2D eigenvalue weighted by Crippen LogP contribution is -2.17. The number of benzene rings is 2. The molecule has 0 spiro atoms. The molecule has 0 aliphatic rings. The summed E-state index contributed by atoms with van der Waals surface area (Å²) in [4.78, 5) is 0. The molecule has 0 aliphatic carbocycles. The van der Waals surface area contributed by atoms with E-state index in [0.717, 1.165) is 5.69 Å². The average molecular weight is 348 g/mol. The topological polar surface area (TPSA) is 47.3 Å². The molecule has 0 aliphatic heterocycles. The van der Waals surface area contributed by atoms with Crippen LogP contribution in [-0.2, 0) is 6.61 Å². The van der Waals surface area contributed by atoms with Crippen molar-refractivity contribution < 1.29 is 23.0 Å². The second-order valence-electron chi connectivity index (χ2n) is 5.44. The van der Waals surface area contributed by atoms with Crippen molar-refractivity contribution in [1.82, 2.24) is 9.78 Å². The molecule has 1 heterocycles. The number of halogens is 3. The summed E-state index contributed by atoms with van der Waals surface area (Å²) in [6, 6.07) is 14.6. The van der Waals surface area contributed by atoms with Crippen LogP contribution in [0.15, 0.2) is 54.6 Å². The third kappa shape index (κ3) is 3.83. The van der Waals surface area contributed by atoms with E-state index in [9.17, 15) is 18.3 Å². The number of ether oxygens (including phenoxy) is 1. The number of aliphatic hydroxyl groups is 1. The van der Waals surface area contributed by atoms with Crippen LogP contribution in [-0.4, -0.2) is 21.2 Å². The molecule has 3 rings (SSSR count). The Kier molecular flexibility index (Phi) is 4.50. The highest BCUT2D eigenvalue weighted by molar-refractivity contribution is 5.72. The maximum absolute atomic E-state index is 12.6. The Morgan fingerprint density at radius 3 is 2.56 bits per heavy atom. The van der Waals surface area contributed by atoms with Crippen molar-refractivity contribution in [1.29, 1.82) is 0 Å². The minimum atomic E-state index is -4.77. The maximum Gasteiger partial charge on any atom is 0.573 e. The fraction of sp³-hybridized carbons (Fsp3) is 0.167. The number of aromatic nitrogens is 2. The van der Waals surface area contributed by atoms with Crippen LogP contribution in [0.25, 0.3) is 16.8 Å². The van der Waals surface area contributed by atoms with Crippen molar-refractivity contribution in [2.45, 2.75) is 19.9 Å². The molecule has 0 bridgehead atoms. The lowest BCUT2D eigenvalue weighted by molar-refractivity contribution is -0.274. The summed E-state index contributed by atoms with van der Waals surface area (Å²) in [7, 11) is 0. The van der Waals surface area contributed by atoms with Gasteiger partial charge in [-0.15, -0.1) is 13.2 Å². The van der Waals surface area contributed by atoms with Crippen molar-refractivity contribution >= 4 is 0 Å². The quantitative estimate of drug-likeness (QED) is 0.767. The van der Waals surface area contributed by atoms with Crippen LogP contribution >= 0.6 is 0 Å². The Bertz CT molecular complexity index is 888. The first-order chi connectivity index (χ1) is 11.9. The molecular formula is C18H15F3N2O2. The van der Waals surface area contributed by atoms with Crippen molar-refractivity contribution in [3.05, 3.63) is 66.0 Å². The smallest absolute Gasteiger partial charge is 0.405 e. The molecule has 0 saturated heterocycles.